The van der Waals surface area contributed by atoms with Gasteiger partial charge >= 0.3 is 6.01 Å². The first kappa shape index (κ1) is 34.5. The normalized spacial score (nSPS) is 28.9. The fourth-order valence-corrected chi connectivity index (χ4v) is 9.63. The second-order valence-corrected chi connectivity index (χ2v) is 15.8. The van der Waals surface area contributed by atoms with Gasteiger partial charge < -0.3 is 19.3 Å². The molecule has 0 radical (unpaired) electrons. The topological polar surface area (TPSA) is 111 Å². The first-order valence-electron chi connectivity index (χ1n) is 19.3. The van der Waals surface area contributed by atoms with Crippen LogP contribution in [-0.2, 0) is 9.53 Å². The number of rotatable bonds is 10. The molecule has 1 aliphatic carbocycles. The van der Waals surface area contributed by atoms with E-state index in [1.165, 1.54) is 0 Å². The highest BCUT2D eigenvalue weighted by atomic mass is 19.1. The van der Waals surface area contributed by atoms with Crippen LogP contribution < -0.4 is 9.64 Å². The van der Waals surface area contributed by atoms with Crippen LogP contribution in [-0.4, -0.2) is 124 Å². The summed E-state index contributed by atoms with van der Waals surface area (Å²) in [4.78, 5) is 36.1. The molecular weight excluding hydrogens is 678 g/mol. The molecule has 0 spiro atoms. The third-order valence-corrected chi connectivity index (χ3v) is 12.5. The van der Waals surface area contributed by atoms with Gasteiger partial charge in [0.2, 0.25) is 5.91 Å². The maximum absolute atomic E-state index is 16.8. The minimum atomic E-state index is -0.912. The number of hydrogen-bond donors (Lipinski definition) is 0. The molecule has 5 saturated heterocycles. The lowest BCUT2D eigenvalue weighted by atomic mass is 9.95. The number of halogens is 2. The predicted octanol–water partition coefficient (Wildman–Crippen LogP) is 5.01. The SMILES string of the molecule is N#CC[C@H]1CN(c2nc(OC[C@@]34CCCN3C[C@H](F)C4)nc3c(F)c(-c4ccccc4C4CC4)ncc23)CCN1C(=O)/C=C/CN1[C@@H]2CC[C@@H]1COC2. The third-order valence-electron chi connectivity index (χ3n) is 12.5. The molecule has 0 N–H and O–H groups in total. The van der Waals surface area contributed by atoms with Crippen molar-refractivity contribution in [2.75, 3.05) is 64.0 Å². The second-order valence-electron chi connectivity index (χ2n) is 15.8. The van der Waals surface area contributed by atoms with Crippen LogP contribution >= 0.6 is 0 Å². The lowest BCUT2D eigenvalue weighted by molar-refractivity contribution is -0.128. The summed E-state index contributed by atoms with van der Waals surface area (Å²) < 4.78 is 43.5. The maximum atomic E-state index is 16.8. The van der Waals surface area contributed by atoms with Crippen LogP contribution in [0.25, 0.3) is 22.2 Å². The van der Waals surface area contributed by atoms with E-state index < -0.39 is 23.6 Å². The Morgan fingerprint density at radius 3 is 2.74 bits per heavy atom. The van der Waals surface area contributed by atoms with Crippen LogP contribution in [0.2, 0.25) is 0 Å². The zero-order valence-electron chi connectivity index (χ0n) is 30.0. The van der Waals surface area contributed by atoms with E-state index in [1.54, 1.807) is 17.2 Å². The van der Waals surface area contributed by atoms with Crippen molar-refractivity contribution in [2.45, 2.75) is 87.1 Å². The van der Waals surface area contributed by atoms with Crippen molar-refractivity contribution in [3.63, 3.8) is 0 Å². The van der Waals surface area contributed by atoms with Gasteiger partial charge in [0.05, 0.1) is 42.7 Å². The summed E-state index contributed by atoms with van der Waals surface area (Å²) in [6, 6.07) is 10.5. The van der Waals surface area contributed by atoms with Crippen LogP contribution in [0.1, 0.15) is 62.8 Å². The zero-order valence-corrected chi connectivity index (χ0v) is 30.0. The number of nitriles is 1. The first-order chi connectivity index (χ1) is 25.9. The van der Waals surface area contributed by atoms with Crippen LogP contribution in [0, 0.1) is 17.1 Å². The fourth-order valence-electron chi connectivity index (χ4n) is 9.63. The molecule has 3 aromatic rings. The number of aromatic nitrogens is 3. The lowest BCUT2D eigenvalue weighted by Gasteiger charge is -2.41. The van der Waals surface area contributed by atoms with Crippen molar-refractivity contribution in [1.29, 1.82) is 5.26 Å². The van der Waals surface area contributed by atoms with Crippen molar-refractivity contribution < 1.29 is 23.0 Å². The molecule has 1 aromatic carbocycles. The number of pyridine rings is 1. The van der Waals surface area contributed by atoms with Gasteiger partial charge in [0, 0.05) is 69.1 Å². The number of fused-ring (bicyclic) bond motifs is 4. The van der Waals surface area contributed by atoms with Crippen molar-refractivity contribution >= 4 is 22.6 Å². The highest BCUT2D eigenvalue weighted by Crippen LogP contribution is 2.45. The fraction of sp³-hybridized carbons (Fsp3) is 0.575. The van der Waals surface area contributed by atoms with E-state index in [-0.39, 0.29) is 36.2 Å². The van der Waals surface area contributed by atoms with Gasteiger partial charge in [-0.1, -0.05) is 30.3 Å². The lowest BCUT2D eigenvalue weighted by Crippen LogP contribution is -2.55. The highest BCUT2D eigenvalue weighted by Gasteiger charge is 2.49. The van der Waals surface area contributed by atoms with Gasteiger partial charge in [0.25, 0.3) is 0 Å². The number of carbonyl (C=O) groups is 1. The Bertz CT molecular complexity index is 1940. The van der Waals surface area contributed by atoms with Crippen molar-refractivity contribution in [3.8, 4) is 23.3 Å². The summed E-state index contributed by atoms with van der Waals surface area (Å²) in [7, 11) is 0. The predicted molar refractivity (Wildman–Crippen MR) is 195 cm³/mol. The monoisotopic (exact) mass is 724 g/mol. The van der Waals surface area contributed by atoms with Crippen LogP contribution in [0.15, 0.2) is 42.6 Å². The molecule has 2 aromatic heterocycles. The Labute approximate surface area is 308 Å². The van der Waals surface area contributed by atoms with Gasteiger partial charge in [-0.05, 0) is 56.6 Å². The van der Waals surface area contributed by atoms with Gasteiger partial charge in [-0.15, -0.1) is 0 Å². The number of amides is 1. The quantitative estimate of drug-likeness (QED) is 0.265. The summed E-state index contributed by atoms with van der Waals surface area (Å²) in [5.41, 5.74) is 1.75. The first-order valence-corrected chi connectivity index (χ1v) is 19.3. The van der Waals surface area contributed by atoms with Crippen LogP contribution in [0.4, 0.5) is 14.6 Å². The molecular formula is C40H46F2N8O3. The average molecular weight is 725 g/mol. The minimum Gasteiger partial charge on any atom is -0.461 e. The Morgan fingerprint density at radius 2 is 1.92 bits per heavy atom. The van der Waals surface area contributed by atoms with E-state index in [2.05, 4.69) is 25.8 Å². The van der Waals surface area contributed by atoms with Gasteiger partial charge in [-0.3, -0.25) is 19.6 Å². The van der Waals surface area contributed by atoms with Crippen LogP contribution in [0.5, 0.6) is 6.01 Å². The number of hydrogen-bond acceptors (Lipinski definition) is 10. The Balaban J connectivity index is 1.01. The van der Waals surface area contributed by atoms with E-state index >= 15 is 4.39 Å². The summed E-state index contributed by atoms with van der Waals surface area (Å²) in [5.74, 6) is 0.164. The van der Waals surface area contributed by atoms with E-state index in [0.29, 0.717) is 68.4 Å². The van der Waals surface area contributed by atoms with E-state index in [0.717, 1.165) is 69.4 Å². The summed E-state index contributed by atoms with van der Waals surface area (Å²) in [5, 5.41) is 10.3. The number of benzene rings is 1. The van der Waals surface area contributed by atoms with Crippen molar-refractivity contribution in [2.24, 2.45) is 0 Å². The Morgan fingerprint density at radius 1 is 1.09 bits per heavy atom. The largest absolute Gasteiger partial charge is 0.461 e. The molecule has 1 saturated carbocycles. The molecule has 53 heavy (non-hydrogen) atoms. The molecule has 13 heteroatoms. The maximum Gasteiger partial charge on any atom is 0.319 e. The van der Waals surface area contributed by atoms with Gasteiger partial charge in [0.15, 0.2) is 5.82 Å². The number of carbonyl (C=O) groups excluding carboxylic acids is 1. The molecule has 0 unspecified atom stereocenters. The standard InChI is InChI=1S/C40H46F2N8O3/c41-27-19-40(13-4-15-48(40)21-27)25-53-39-45-37-33(20-44-36(35(37)42)32-6-2-1-5-31(32)26-8-9-26)38(46-39)47-17-18-50(28(22-47)12-14-43)34(51)7-3-16-49-29-10-11-30(49)24-52-23-29/h1-3,5-7,20,26-30H,4,8-13,15-19,21-25H2/b7-3+/t27-,28+,29-,30-,40+/m1/s1. The average Bonchev–Trinajstić information content (AvgIpc) is 3.82. The Kier molecular flexibility index (Phi) is 9.24. The third kappa shape index (κ3) is 6.53. The molecule has 11 nitrogen and oxygen atoms in total. The molecule has 2 bridgehead atoms. The summed E-state index contributed by atoms with van der Waals surface area (Å²) in [6.45, 7) is 4.69. The van der Waals surface area contributed by atoms with E-state index in [9.17, 15) is 14.4 Å². The smallest absolute Gasteiger partial charge is 0.319 e. The van der Waals surface area contributed by atoms with Crippen molar-refractivity contribution in [3.05, 3.63) is 54.0 Å². The Hall–Kier alpha value is -4.25. The summed E-state index contributed by atoms with van der Waals surface area (Å²) in [6.07, 6.45) is 11.0. The summed E-state index contributed by atoms with van der Waals surface area (Å²) >= 11 is 0. The number of morpholine rings is 1. The molecule has 1 amide bonds. The van der Waals surface area contributed by atoms with Crippen LogP contribution in [0.3, 0.4) is 0 Å². The minimum absolute atomic E-state index is 0.0258. The number of piperazine rings is 1. The molecule has 6 aliphatic rings. The van der Waals surface area contributed by atoms with Gasteiger partial charge in [-0.2, -0.15) is 15.2 Å². The number of ether oxygens (including phenoxy) is 2. The van der Waals surface area contributed by atoms with Gasteiger partial charge in [0.1, 0.15) is 29.8 Å². The zero-order chi connectivity index (χ0) is 36.1. The van der Waals surface area contributed by atoms with Gasteiger partial charge in [-0.25, -0.2) is 8.78 Å². The molecule has 7 heterocycles. The molecule has 9 rings (SSSR count). The number of alkyl halides is 1. The van der Waals surface area contributed by atoms with E-state index in [4.69, 9.17) is 14.5 Å². The molecule has 6 fully saturated rings. The second kappa shape index (κ2) is 14.2. The number of anilines is 1. The molecule has 278 valence electrons. The van der Waals surface area contributed by atoms with E-state index in [1.807, 2.05) is 35.2 Å². The van der Waals surface area contributed by atoms with Crippen molar-refractivity contribution in [1.82, 2.24) is 29.7 Å². The number of nitrogens with zero attached hydrogens (tertiary/aromatic N) is 8. The highest BCUT2D eigenvalue weighted by molar-refractivity contribution is 5.93. The molecule has 5 aliphatic heterocycles. The molecule has 5 atom stereocenters.